The van der Waals surface area contributed by atoms with Gasteiger partial charge in [-0.2, -0.15) is 0 Å². The van der Waals surface area contributed by atoms with E-state index in [1.807, 2.05) is 7.05 Å². The number of likely N-dealkylation sites (tertiary alicyclic amines) is 1. The van der Waals surface area contributed by atoms with Crippen LogP contribution >= 0.6 is 0 Å². The number of rotatable bonds is 5. The van der Waals surface area contributed by atoms with Gasteiger partial charge in [-0.15, -0.1) is 0 Å². The third-order valence-corrected chi connectivity index (χ3v) is 2.95. The zero-order valence-corrected chi connectivity index (χ0v) is 10.6. The van der Waals surface area contributed by atoms with Gasteiger partial charge in [0.1, 0.15) is 0 Å². The topological polar surface area (TPSA) is 61.4 Å². The quantitative estimate of drug-likeness (QED) is 0.672. The summed E-state index contributed by atoms with van der Waals surface area (Å²) in [5.74, 6) is 0.0580. The van der Waals surface area contributed by atoms with Gasteiger partial charge in [0.05, 0.1) is 6.54 Å². The molecule has 2 N–H and O–H groups in total. The molecule has 0 atom stereocenters. The molecule has 0 spiro atoms. The van der Waals surface area contributed by atoms with Crippen LogP contribution in [0.2, 0.25) is 0 Å². The molecule has 5 nitrogen and oxygen atoms in total. The summed E-state index contributed by atoms with van der Waals surface area (Å²) in [5, 5.41) is 5.75. The van der Waals surface area contributed by atoms with Crippen molar-refractivity contribution in [1.29, 1.82) is 0 Å². The number of nitrogens with one attached hydrogen (secondary N) is 2. The van der Waals surface area contributed by atoms with Gasteiger partial charge in [-0.25, -0.2) is 0 Å². The Hall–Kier alpha value is -1.10. The van der Waals surface area contributed by atoms with Gasteiger partial charge in [0.15, 0.2) is 0 Å². The fourth-order valence-corrected chi connectivity index (χ4v) is 1.94. The third-order valence-electron chi connectivity index (χ3n) is 2.95. The molecule has 0 aromatic heterocycles. The summed E-state index contributed by atoms with van der Waals surface area (Å²) in [6.45, 7) is 2.29. The molecule has 5 heteroatoms. The molecule has 0 radical (unpaired) electrons. The Bertz CT molecular complexity index is 256. The van der Waals surface area contributed by atoms with Crippen LogP contribution in [0.1, 0.15) is 32.1 Å². The van der Waals surface area contributed by atoms with E-state index < -0.39 is 0 Å². The Kier molecular flexibility index (Phi) is 6.62. The molecule has 1 saturated heterocycles. The van der Waals surface area contributed by atoms with Gasteiger partial charge < -0.3 is 15.5 Å². The smallest absolute Gasteiger partial charge is 0.239 e. The summed E-state index contributed by atoms with van der Waals surface area (Å²) < 4.78 is 0. The first-order valence-corrected chi connectivity index (χ1v) is 6.43. The molecule has 2 amide bonds. The zero-order chi connectivity index (χ0) is 12.5. The van der Waals surface area contributed by atoms with Gasteiger partial charge in [-0.3, -0.25) is 9.59 Å². The van der Waals surface area contributed by atoms with Crippen molar-refractivity contribution in [3.05, 3.63) is 0 Å². The van der Waals surface area contributed by atoms with E-state index in [1.54, 1.807) is 4.90 Å². The van der Waals surface area contributed by atoms with Crippen molar-refractivity contribution in [2.24, 2.45) is 0 Å². The minimum atomic E-state index is -0.0610. The fourth-order valence-electron chi connectivity index (χ4n) is 1.94. The maximum absolute atomic E-state index is 11.8. The zero-order valence-electron chi connectivity index (χ0n) is 10.6. The molecule has 0 aromatic rings. The second-order valence-electron chi connectivity index (χ2n) is 4.43. The van der Waals surface area contributed by atoms with E-state index in [4.69, 9.17) is 0 Å². The first-order valence-electron chi connectivity index (χ1n) is 6.43. The van der Waals surface area contributed by atoms with E-state index in [2.05, 4.69) is 10.6 Å². The van der Waals surface area contributed by atoms with Crippen molar-refractivity contribution in [3.8, 4) is 0 Å². The maximum Gasteiger partial charge on any atom is 0.239 e. The monoisotopic (exact) mass is 241 g/mol. The van der Waals surface area contributed by atoms with Gasteiger partial charge >= 0.3 is 0 Å². The standard InChI is InChI=1S/C12H23N3O2/c1-13-7-8-14-11(16)10-15-9-5-3-2-4-6-12(15)17/h13H,2-10H2,1H3,(H,14,16). The predicted molar refractivity (Wildman–Crippen MR) is 66.6 cm³/mol. The Balaban J connectivity index is 2.30. The van der Waals surface area contributed by atoms with Crippen LogP contribution in [0.4, 0.5) is 0 Å². The van der Waals surface area contributed by atoms with Crippen molar-refractivity contribution in [2.45, 2.75) is 32.1 Å². The van der Waals surface area contributed by atoms with Crippen LogP contribution in [0.25, 0.3) is 0 Å². The van der Waals surface area contributed by atoms with Crippen LogP contribution in [-0.4, -0.2) is 49.9 Å². The highest BCUT2D eigenvalue weighted by atomic mass is 16.2. The fraction of sp³-hybridized carbons (Fsp3) is 0.833. The van der Waals surface area contributed by atoms with Crippen LogP contribution in [0.15, 0.2) is 0 Å². The van der Waals surface area contributed by atoms with Gasteiger partial charge in [0.2, 0.25) is 11.8 Å². The average Bonchev–Trinajstić information content (AvgIpc) is 2.29. The SMILES string of the molecule is CNCCNC(=O)CN1CCCCCCC1=O. The molecule has 0 bridgehead atoms. The highest BCUT2D eigenvalue weighted by molar-refractivity contribution is 5.84. The second-order valence-corrected chi connectivity index (χ2v) is 4.43. The lowest BCUT2D eigenvalue weighted by atomic mass is 10.1. The Morgan fingerprint density at radius 2 is 2.00 bits per heavy atom. The number of carbonyl (C=O) groups excluding carboxylic acids is 2. The van der Waals surface area contributed by atoms with Crippen molar-refractivity contribution >= 4 is 11.8 Å². The minimum Gasteiger partial charge on any atom is -0.353 e. The summed E-state index contributed by atoms with van der Waals surface area (Å²) in [4.78, 5) is 25.1. The van der Waals surface area contributed by atoms with Crippen molar-refractivity contribution in [2.75, 3.05) is 33.2 Å². The number of hydrogen-bond acceptors (Lipinski definition) is 3. The van der Waals surface area contributed by atoms with E-state index in [0.717, 1.165) is 38.8 Å². The number of amides is 2. The molecule has 1 aliphatic rings. The summed E-state index contributed by atoms with van der Waals surface area (Å²) >= 11 is 0. The minimum absolute atomic E-state index is 0.0610. The van der Waals surface area contributed by atoms with Crippen molar-refractivity contribution in [1.82, 2.24) is 15.5 Å². The van der Waals surface area contributed by atoms with Gasteiger partial charge in [-0.1, -0.05) is 12.8 Å². The lowest BCUT2D eigenvalue weighted by molar-refractivity contribution is -0.136. The first-order chi connectivity index (χ1) is 8.24. The maximum atomic E-state index is 11.8. The van der Waals surface area contributed by atoms with E-state index in [9.17, 15) is 9.59 Å². The van der Waals surface area contributed by atoms with E-state index >= 15 is 0 Å². The Morgan fingerprint density at radius 3 is 2.76 bits per heavy atom. The Morgan fingerprint density at radius 1 is 1.24 bits per heavy atom. The van der Waals surface area contributed by atoms with Crippen molar-refractivity contribution in [3.63, 3.8) is 0 Å². The average molecular weight is 241 g/mol. The third kappa shape index (κ3) is 5.68. The Labute approximate surface area is 103 Å². The number of nitrogens with zero attached hydrogens (tertiary/aromatic N) is 1. The second kappa shape index (κ2) is 8.06. The summed E-state index contributed by atoms with van der Waals surface area (Å²) in [6.07, 6.45) is 4.84. The molecule has 0 aliphatic carbocycles. The number of likely N-dealkylation sites (N-methyl/N-ethyl adjacent to an activating group) is 1. The van der Waals surface area contributed by atoms with E-state index in [-0.39, 0.29) is 18.4 Å². The highest BCUT2D eigenvalue weighted by Crippen LogP contribution is 2.11. The number of hydrogen-bond donors (Lipinski definition) is 2. The molecule has 0 saturated carbocycles. The van der Waals surface area contributed by atoms with Gasteiger partial charge in [0.25, 0.3) is 0 Å². The summed E-state index contributed by atoms with van der Waals surface area (Å²) in [7, 11) is 1.84. The molecule has 0 aromatic carbocycles. The van der Waals surface area contributed by atoms with Crippen LogP contribution in [-0.2, 0) is 9.59 Å². The molecule has 0 unspecified atom stereocenters. The van der Waals surface area contributed by atoms with E-state index in [1.165, 1.54) is 0 Å². The van der Waals surface area contributed by atoms with Crippen LogP contribution in [0.3, 0.4) is 0 Å². The summed E-state index contributed by atoms with van der Waals surface area (Å²) in [5.41, 5.74) is 0. The number of carbonyl (C=O) groups is 2. The molecule has 1 heterocycles. The molecule has 17 heavy (non-hydrogen) atoms. The first kappa shape index (κ1) is 14.0. The molecule has 1 rings (SSSR count). The molecule has 1 fully saturated rings. The molecular weight excluding hydrogens is 218 g/mol. The summed E-state index contributed by atoms with van der Waals surface area (Å²) in [6, 6.07) is 0. The predicted octanol–water partition coefficient (Wildman–Crippen LogP) is 0.115. The lowest BCUT2D eigenvalue weighted by Crippen LogP contribution is -2.42. The van der Waals surface area contributed by atoms with Gasteiger partial charge in [0, 0.05) is 26.1 Å². The largest absolute Gasteiger partial charge is 0.353 e. The lowest BCUT2D eigenvalue weighted by Gasteiger charge is -2.24. The van der Waals surface area contributed by atoms with Crippen LogP contribution in [0.5, 0.6) is 0 Å². The normalized spacial score (nSPS) is 17.5. The highest BCUT2D eigenvalue weighted by Gasteiger charge is 2.17. The molecular formula is C12H23N3O2. The van der Waals surface area contributed by atoms with Crippen LogP contribution < -0.4 is 10.6 Å². The van der Waals surface area contributed by atoms with Crippen molar-refractivity contribution < 1.29 is 9.59 Å². The molecule has 1 aliphatic heterocycles. The molecule has 98 valence electrons. The van der Waals surface area contributed by atoms with Gasteiger partial charge in [-0.05, 0) is 19.9 Å². The van der Waals surface area contributed by atoms with E-state index in [0.29, 0.717) is 13.0 Å². The van der Waals surface area contributed by atoms with Crippen LogP contribution in [0, 0.1) is 0 Å².